The largest absolute Gasteiger partial charge is 0.497 e. The van der Waals surface area contributed by atoms with Gasteiger partial charge in [-0.2, -0.15) is 5.10 Å². The van der Waals surface area contributed by atoms with E-state index in [4.69, 9.17) is 9.84 Å². The van der Waals surface area contributed by atoms with Gasteiger partial charge in [0.1, 0.15) is 5.75 Å². The van der Waals surface area contributed by atoms with Gasteiger partial charge in [-0.25, -0.2) is 0 Å². The third-order valence-electron chi connectivity index (χ3n) is 5.15. The summed E-state index contributed by atoms with van der Waals surface area (Å²) in [7, 11) is 5.81. The highest BCUT2D eigenvalue weighted by atomic mass is 16.5. The molecule has 1 aliphatic heterocycles. The third kappa shape index (κ3) is 3.58. The standard InChI is InChI=1S/C24H25N3O/c1-26(2)20-13-9-19(10-14-20)24-17-23(18-11-15-22(28-3)16-12-18)25-27(24)21-7-5-4-6-8-21/h4-16,24H,17H2,1-3H3/t24-/m0/s1. The number of rotatable bonds is 5. The lowest BCUT2D eigenvalue weighted by Gasteiger charge is -2.24. The van der Waals surface area contributed by atoms with Crippen molar-refractivity contribution >= 4 is 17.1 Å². The van der Waals surface area contributed by atoms with Crippen LogP contribution in [0.5, 0.6) is 5.75 Å². The molecular weight excluding hydrogens is 346 g/mol. The number of hydrogen-bond acceptors (Lipinski definition) is 4. The Kier molecular flexibility index (Phi) is 5.02. The van der Waals surface area contributed by atoms with Crippen molar-refractivity contribution in [3.8, 4) is 5.75 Å². The maximum atomic E-state index is 5.29. The van der Waals surface area contributed by atoms with E-state index in [-0.39, 0.29) is 6.04 Å². The molecule has 0 saturated heterocycles. The average Bonchev–Trinajstić information content (AvgIpc) is 3.20. The molecule has 0 unspecified atom stereocenters. The lowest BCUT2D eigenvalue weighted by molar-refractivity contribution is 0.415. The molecule has 142 valence electrons. The molecule has 0 radical (unpaired) electrons. The van der Waals surface area contributed by atoms with E-state index in [9.17, 15) is 0 Å². The van der Waals surface area contributed by atoms with Crippen molar-refractivity contribution in [3.63, 3.8) is 0 Å². The summed E-state index contributed by atoms with van der Waals surface area (Å²) in [6.07, 6.45) is 0.864. The molecule has 0 saturated carbocycles. The van der Waals surface area contributed by atoms with Crippen LogP contribution in [0.3, 0.4) is 0 Å². The zero-order chi connectivity index (χ0) is 19.5. The zero-order valence-electron chi connectivity index (χ0n) is 16.5. The number of benzene rings is 3. The summed E-state index contributed by atoms with van der Waals surface area (Å²) in [5, 5.41) is 7.14. The molecule has 1 heterocycles. The van der Waals surface area contributed by atoms with E-state index < -0.39 is 0 Å². The molecule has 4 nitrogen and oxygen atoms in total. The van der Waals surface area contributed by atoms with Crippen molar-refractivity contribution in [3.05, 3.63) is 90.0 Å². The number of anilines is 2. The number of methoxy groups -OCH3 is 1. The summed E-state index contributed by atoms with van der Waals surface area (Å²) in [4.78, 5) is 2.12. The van der Waals surface area contributed by atoms with Crippen molar-refractivity contribution in [1.82, 2.24) is 0 Å². The van der Waals surface area contributed by atoms with Gasteiger partial charge in [-0.15, -0.1) is 0 Å². The Bertz CT molecular complexity index is 947. The Morgan fingerprint density at radius 1 is 0.893 bits per heavy atom. The fourth-order valence-electron chi connectivity index (χ4n) is 3.54. The quantitative estimate of drug-likeness (QED) is 0.623. The predicted molar refractivity (Wildman–Crippen MR) is 117 cm³/mol. The van der Waals surface area contributed by atoms with Gasteiger partial charge in [0.25, 0.3) is 0 Å². The molecule has 0 aromatic heterocycles. The van der Waals surface area contributed by atoms with Crippen LogP contribution in [0.15, 0.2) is 84.0 Å². The van der Waals surface area contributed by atoms with E-state index in [2.05, 4.69) is 84.7 Å². The van der Waals surface area contributed by atoms with Crippen LogP contribution >= 0.6 is 0 Å². The van der Waals surface area contributed by atoms with E-state index in [1.54, 1.807) is 7.11 Å². The Balaban J connectivity index is 1.69. The van der Waals surface area contributed by atoms with Gasteiger partial charge >= 0.3 is 0 Å². The molecule has 3 aromatic carbocycles. The predicted octanol–water partition coefficient (Wildman–Crippen LogP) is 5.12. The van der Waals surface area contributed by atoms with E-state index >= 15 is 0 Å². The number of ether oxygens (including phenoxy) is 1. The second-order valence-corrected chi connectivity index (χ2v) is 7.16. The summed E-state index contributed by atoms with van der Waals surface area (Å²) in [6.45, 7) is 0. The van der Waals surface area contributed by atoms with Crippen molar-refractivity contribution < 1.29 is 4.74 Å². The summed E-state index contributed by atoms with van der Waals surface area (Å²) in [6, 6.07) is 27.5. The fraction of sp³-hybridized carbons (Fsp3) is 0.208. The summed E-state index contributed by atoms with van der Waals surface area (Å²) < 4.78 is 5.29. The minimum Gasteiger partial charge on any atom is -0.497 e. The van der Waals surface area contributed by atoms with Crippen molar-refractivity contribution in [1.29, 1.82) is 0 Å². The van der Waals surface area contributed by atoms with E-state index in [0.717, 1.165) is 29.1 Å². The van der Waals surface area contributed by atoms with Gasteiger partial charge in [0.2, 0.25) is 0 Å². The summed E-state index contributed by atoms with van der Waals surface area (Å²) >= 11 is 0. The van der Waals surface area contributed by atoms with E-state index in [0.29, 0.717) is 0 Å². The van der Waals surface area contributed by atoms with Gasteiger partial charge in [0.15, 0.2) is 0 Å². The van der Waals surface area contributed by atoms with Crippen LogP contribution in [0.2, 0.25) is 0 Å². The Labute approximate surface area is 166 Å². The Hall–Kier alpha value is -3.27. The van der Waals surface area contributed by atoms with Crippen molar-refractivity contribution in [2.45, 2.75) is 12.5 Å². The molecule has 4 heteroatoms. The van der Waals surface area contributed by atoms with Gasteiger partial charge in [-0.3, -0.25) is 5.01 Å². The monoisotopic (exact) mass is 371 g/mol. The topological polar surface area (TPSA) is 28.1 Å². The van der Waals surface area contributed by atoms with Crippen LogP contribution in [0.4, 0.5) is 11.4 Å². The van der Waals surface area contributed by atoms with Gasteiger partial charge in [0, 0.05) is 26.2 Å². The van der Waals surface area contributed by atoms with Gasteiger partial charge in [-0.05, 0) is 59.7 Å². The second-order valence-electron chi connectivity index (χ2n) is 7.16. The van der Waals surface area contributed by atoms with Crippen LogP contribution in [0.1, 0.15) is 23.6 Å². The number of hydrazone groups is 1. The molecule has 1 atom stereocenters. The normalized spacial score (nSPS) is 16.0. The molecule has 28 heavy (non-hydrogen) atoms. The smallest absolute Gasteiger partial charge is 0.118 e. The van der Waals surface area contributed by atoms with Crippen LogP contribution < -0.4 is 14.6 Å². The average molecular weight is 371 g/mol. The third-order valence-corrected chi connectivity index (χ3v) is 5.15. The molecule has 0 spiro atoms. The van der Waals surface area contributed by atoms with E-state index in [1.165, 1.54) is 11.3 Å². The maximum Gasteiger partial charge on any atom is 0.118 e. The molecule has 0 fully saturated rings. The first kappa shape index (κ1) is 18.1. The highest BCUT2D eigenvalue weighted by Gasteiger charge is 2.29. The molecular formula is C24H25N3O. The lowest BCUT2D eigenvalue weighted by atomic mass is 9.98. The van der Waals surface area contributed by atoms with Gasteiger partial charge < -0.3 is 9.64 Å². The molecule has 0 bridgehead atoms. The van der Waals surface area contributed by atoms with Crippen LogP contribution in [-0.4, -0.2) is 26.9 Å². The maximum absolute atomic E-state index is 5.29. The SMILES string of the molecule is COc1ccc(C2=NN(c3ccccc3)[C@H](c3ccc(N(C)C)cc3)C2)cc1. The molecule has 0 amide bonds. The number of nitrogens with zero attached hydrogens (tertiary/aromatic N) is 3. The summed E-state index contributed by atoms with van der Waals surface area (Å²) in [5.41, 5.74) is 5.79. The Morgan fingerprint density at radius 2 is 1.57 bits per heavy atom. The molecule has 3 aromatic rings. The highest BCUT2D eigenvalue weighted by Crippen LogP contribution is 2.37. The van der Waals surface area contributed by atoms with Crippen LogP contribution in [0.25, 0.3) is 0 Å². The lowest BCUT2D eigenvalue weighted by Crippen LogP contribution is -2.18. The van der Waals surface area contributed by atoms with Crippen molar-refractivity contribution in [2.24, 2.45) is 5.10 Å². The van der Waals surface area contributed by atoms with Crippen LogP contribution in [0, 0.1) is 0 Å². The summed E-state index contributed by atoms with van der Waals surface area (Å²) in [5.74, 6) is 0.859. The van der Waals surface area contributed by atoms with Gasteiger partial charge in [0.05, 0.1) is 24.6 Å². The second kappa shape index (κ2) is 7.77. The van der Waals surface area contributed by atoms with Gasteiger partial charge in [-0.1, -0.05) is 30.3 Å². The first-order valence-electron chi connectivity index (χ1n) is 9.49. The number of hydrogen-bond donors (Lipinski definition) is 0. The Morgan fingerprint density at radius 3 is 2.18 bits per heavy atom. The minimum absolute atomic E-state index is 0.177. The minimum atomic E-state index is 0.177. The molecule has 0 aliphatic carbocycles. The number of para-hydroxylation sites is 1. The zero-order valence-corrected chi connectivity index (χ0v) is 16.5. The first-order valence-corrected chi connectivity index (χ1v) is 9.49. The first-order chi connectivity index (χ1) is 13.7. The van der Waals surface area contributed by atoms with E-state index in [1.807, 2.05) is 18.2 Å². The fourth-order valence-corrected chi connectivity index (χ4v) is 3.54. The molecule has 1 aliphatic rings. The highest BCUT2D eigenvalue weighted by molar-refractivity contribution is 6.03. The molecule has 0 N–H and O–H groups in total. The van der Waals surface area contributed by atoms with Crippen LogP contribution in [-0.2, 0) is 0 Å². The molecule has 4 rings (SSSR count). The van der Waals surface area contributed by atoms with Crippen molar-refractivity contribution in [2.75, 3.05) is 31.1 Å².